The van der Waals surface area contributed by atoms with Crippen LogP contribution in [0.4, 0.5) is 0 Å². The Hall–Kier alpha value is 0.460. The number of hydrogen-bond acceptors (Lipinski definition) is 3. The second kappa shape index (κ2) is 90.3. The highest BCUT2D eigenvalue weighted by Crippen LogP contribution is 1.73. The van der Waals surface area contributed by atoms with E-state index in [1.54, 1.807) is 0 Å². The zero-order valence-corrected chi connectivity index (χ0v) is 5.84. The minimum atomic E-state index is 0. The van der Waals surface area contributed by atoms with E-state index in [9.17, 15) is 0 Å². The number of aliphatic hydroxyl groups is 1. The van der Waals surface area contributed by atoms with Gasteiger partial charge in [0.05, 0.1) is 5.34 Å². The molecule has 0 radical (unpaired) electrons. The summed E-state index contributed by atoms with van der Waals surface area (Å²) in [4.78, 5) is 0. The first-order valence-electron chi connectivity index (χ1n) is 0.982. The Morgan fingerprint density at radius 3 is 1.14 bits per heavy atom. The number of hydrogen-bond donors (Lipinski definition) is 3. The third-order valence-corrected chi connectivity index (χ3v) is 0. The normalized spacial score (nSPS) is 3.43. The van der Waals surface area contributed by atoms with E-state index in [1.165, 1.54) is 0 Å². The Bertz CT molecular complexity index is 13.7. The zero-order chi connectivity index (χ0) is 4.71. The Labute approximate surface area is 53.8 Å². The topological polar surface area (TPSA) is 90.2 Å². The van der Waals surface area contributed by atoms with Crippen molar-refractivity contribution in [1.29, 1.82) is 0 Å². The second-order valence-corrected chi connectivity index (χ2v) is 0.909. The monoisotopic (exact) mass is 150 g/mol. The molecule has 50 valence electrons. The van der Waals surface area contributed by atoms with Crippen LogP contribution in [0.25, 0.3) is 0 Å². The fourth-order valence-corrected chi connectivity index (χ4v) is 0. The van der Waals surface area contributed by atoms with Crippen LogP contribution >= 0.6 is 23.2 Å². The molecule has 0 aromatic rings. The van der Waals surface area contributed by atoms with Crippen LogP contribution in [-0.4, -0.2) is 17.6 Å². The summed E-state index contributed by atoms with van der Waals surface area (Å²) in [6, 6.07) is 0. The highest BCUT2D eigenvalue weighted by atomic mass is 35.5. The molecule has 0 aromatic heterocycles. The van der Waals surface area contributed by atoms with Crippen molar-refractivity contribution in [3.8, 4) is 0 Å². The molecule has 0 aliphatic heterocycles. The van der Waals surface area contributed by atoms with E-state index < -0.39 is 0 Å². The molecule has 0 unspecified atom stereocenters. The first-order chi connectivity index (χ1) is 2.41. The summed E-state index contributed by atoms with van der Waals surface area (Å²) in [6.45, 7) is 0. The van der Waals surface area contributed by atoms with Gasteiger partial charge in [0.25, 0.3) is 0 Å². The fourth-order valence-electron chi connectivity index (χ4n) is 0. The van der Waals surface area contributed by atoms with Crippen LogP contribution in [0.2, 0.25) is 0 Å². The van der Waals surface area contributed by atoms with Gasteiger partial charge < -0.3 is 17.4 Å². The van der Waals surface area contributed by atoms with E-state index in [2.05, 4.69) is 0 Å². The molecule has 0 fully saturated rings. The lowest BCUT2D eigenvalue weighted by molar-refractivity contribution is 0.399. The van der Waals surface area contributed by atoms with Gasteiger partial charge in [-0.2, -0.15) is 0 Å². The molecule has 0 atom stereocenters. The second-order valence-electron chi connectivity index (χ2n) is 0.101. The molecule has 7 heavy (non-hydrogen) atoms. The molecule has 0 bridgehead atoms. The molecule has 0 aliphatic rings. The van der Waals surface area contributed by atoms with E-state index in [-0.39, 0.29) is 17.6 Å². The van der Waals surface area contributed by atoms with Crippen LogP contribution in [0.5, 0.6) is 0 Å². The van der Waals surface area contributed by atoms with Crippen molar-refractivity contribution < 1.29 is 5.11 Å². The molecule has 0 aliphatic carbocycles. The van der Waals surface area contributed by atoms with Crippen molar-refractivity contribution in [2.24, 2.45) is 0 Å². The molecule has 0 amide bonds. The van der Waals surface area contributed by atoms with E-state index in [1.807, 2.05) is 0 Å². The average molecular weight is 151 g/mol. The number of rotatable bonds is 0. The summed E-state index contributed by atoms with van der Waals surface area (Å²) in [5.74, 6) is 0. The van der Waals surface area contributed by atoms with E-state index in [4.69, 9.17) is 28.3 Å². The lowest BCUT2D eigenvalue weighted by Gasteiger charge is -1.42. The lowest BCUT2D eigenvalue weighted by Crippen LogP contribution is -1.25. The van der Waals surface area contributed by atoms with Gasteiger partial charge in [0.15, 0.2) is 0 Å². The smallest absolute Gasteiger partial charge is 0.0967 e. The summed E-state index contributed by atoms with van der Waals surface area (Å²) >= 11 is 9.53. The Kier molecular flexibility index (Phi) is 336. The zero-order valence-electron chi connectivity index (χ0n) is 4.32. The molecule has 0 spiro atoms. The number of alkyl halides is 2. The molecular weight excluding hydrogens is 139 g/mol. The quantitative estimate of drug-likeness (QED) is 0.456. The van der Waals surface area contributed by atoms with Crippen LogP contribution in [0.3, 0.4) is 0 Å². The largest absolute Gasteiger partial charge is 0.400 e. The van der Waals surface area contributed by atoms with Crippen molar-refractivity contribution in [1.82, 2.24) is 12.3 Å². The van der Waals surface area contributed by atoms with Gasteiger partial charge in [-0.25, -0.2) is 0 Å². The summed E-state index contributed by atoms with van der Waals surface area (Å²) in [7, 11) is 1.00. The summed E-state index contributed by atoms with van der Waals surface area (Å²) in [5, 5.41) is 7.19. The summed E-state index contributed by atoms with van der Waals surface area (Å²) < 4.78 is 0. The van der Waals surface area contributed by atoms with Crippen LogP contribution in [0.1, 0.15) is 0 Å². The maximum absolute atomic E-state index is 7.00. The van der Waals surface area contributed by atoms with E-state index in [0.29, 0.717) is 0 Å². The van der Waals surface area contributed by atoms with Crippen molar-refractivity contribution in [2.45, 2.75) is 0 Å². The van der Waals surface area contributed by atoms with Crippen molar-refractivity contribution in [3.63, 3.8) is 0 Å². The minimum Gasteiger partial charge on any atom is -0.400 e. The maximum Gasteiger partial charge on any atom is 0.0967 e. The molecule has 0 aromatic carbocycles. The van der Waals surface area contributed by atoms with Gasteiger partial charge in [0.2, 0.25) is 0 Å². The Balaban J connectivity index is -0.0000000105. The van der Waals surface area contributed by atoms with Gasteiger partial charge in [-0.3, -0.25) is 0 Å². The third-order valence-electron chi connectivity index (χ3n) is 0. The van der Waals surface area contributed by atoms with Gasteiger partial charge in [0, 0.05) is 7.11 Å². The predicted molar refractivity (Wildman–Crippen MR) is 34.8 cm³/mol. The van der Waals surface area contributed by atoms with Gasteiger partial charge in [-0.1, -0.05) is 0 Å². The van der Waals surface area contributed by atoms with Crippen LogP contribution in [-0.2, 0) is 0 Å². The van der Waals surface area contributed by atoms with Crippen molar-refractivity contribution >= 4 is 23.2 Å². The fraction of sp³-hybridized carbons (Fsp3) is 1.00. The highest BCUT2D eigenvalue weighted by molar-refractivity contribution is 6.40. The molecule has 0 saturated carbocycles. The van der Waals surface area contributed by atoms with Gasteiger partial charge in [-0.15, -0.1) is 23.2 Å². The molecule has 3 nitrogen and oxygen atoms in total. The maximum atomic E-state index is 7.00. The summed E-state index contributed by atoms with van der Waals surface area (Å²) in [6.07, 6.45) is 0. The third kappa shape index (κ3) is 607. The number of aliphatic hydroxyl groups excluding tert-OH is 1. The van der Waals surface area contributed by atoms with E-state index in [0.717, 1.165) is 7.11 Å². The summed E-state index contributed by atoms with van der Waals surface area (Å²) in [5.41, 5.74) is 0. The minimum absolute atomic E-state index is 0. The van der Waals surface area contributed by atoms with Gasteiger partial charge >= 0.3 is 0 Å². The highest BCUT2D eigenvalue weighted by Gasteiger charge is 1.41. The van der Waals surface area contributed by atoms with Crippen LogP contribution in [0.15, 0.2) is 0 Å². The lowest BCUT2D eigenvalue weighted by atomic mass is 11.8. The number of halogens is 2. The van der Waals surface area contributed by atoms with E-state index >= 15 is 0 Å². The average Bonchev–Trinajstić information content (AvgIpc) is 1.46. The molecule has 5 heteroatoms. The predicted octanol–water partition coefficient (Wildman–Crippen LogP) is 1.35. The van der Waals surface area contributed by atoms with Gasteiger partial charge in [-0.05, 0) is 0 Å². The van der Waals surface area contributed by atoms with Crippen LogP contribution < -0.4 is 12.3 Å². The van der Waals surface area contributed by atoms with Crippen molar-refractivity contribution in [2.75, 3.05) is 12.4 Å². The SMILES string of the molecule is CO.ClCCl.N.N. The molecule has 0 rings (SSSR count). The first-order valence-corrected chi connectivity index (χ1v) is 2.05. The van der Waals surface area contributed by atoms with Crippen molar-refractivity contribution in [3.05, 3.63) is 0 Å². The molecule has 0 heterocycles. The Morgan fingerprint density at radius 2 is 1.14 bits per heavy atom. The molecule has 7 N–H and O–H groups in total. The standard InChI is InChI=1S/CH2Cl2.CH4O.2H3N/c2-1-3;1-2;;/h1H2;2H,1H3;2*1H3. The first kappa shape index (κ1) is 26.0. The van der Waals surface area contributed by atoms with Gasteiger partial charge in [0.1, 0.15) is 0 Å². The molecular formula is C2H12Cl2N2O. The van der Waals surface area contributed by atoms with Crippen LogP contribution in [0, 0.1) is 0 Å². The Morgan fingerprint density at radius 1 is 1.14 bits per heavy atom. The molecule has 0 saturated heterocycles.